The summed E-state index contributed by atoms with van der Waals surface area (Å²) in [5.74, 6) is -0.967. The Morgan fingerprint density at radius 2 is 1.52 bits per heavy atom. The molecule has 1 aliphatic rings. The van der Waals surface area contributed by atoms with Crippen LogP contribution >= 0.6 is 0 Å². The summed E-state index contributed by atoms with van der Waals surface area (Å²) < 4.78 is 5.43. The van der Waals surface area contributed by atoms with Crippen molar-refractivity contribution in [3.05, 3.63) is 35.9 Å². The summed E-state index contributed by atoms with van der Waals surface area (Å²) in [7, 11) is 0. The zero-order chi connectivity index (χ0) is 35.7. The number of aliphatic hydroxyl groups excluding tert-OH is 1. The summed E-state index contributed by atoms with van der Waals surface area (Å²) in [5.41, 5.74) is 0.0980. The molecule has 1 fully saturated rings. The molecule has 0 heterocycles. The maximum atomic E-state index is 13.9. The summed E-state index contributed by atoms with van der Waals surface area (Å²) in [6, 6.07) is 6.93. The minimum absolute atomic E-state index is 0.0125. The SMILES string of the molecule is CCCCNC(=O)[C@H](C[C@H](O)[C@H](CC1CCCCC1)NC(=O)[C@H](CCC)NC(=O)[C@H](Cc1ccccc1)NC(=O)OC(C)(C)C)C(C)C. The van der Waals surface area contributed by atoms with Gasteiger partial charge < -0.3 is 31.1 Å². The number of nitrogens with one attached hydrogen (secondary N) is 4. The third-order valence-corrected chi connectivity index (χ3v) is 9.07. The highest BCUT2D eigenvalue weighted by atomic mass is 16.6. The summed E-state index contributed by atoms with van der Waals surface area (Å²) in [6.07, 6.45) is 7.80. The molecule has 0 spiro atoms. The van der Waals surface area contributed by atoms with Crippen LogP contribution in [0.25, 0.3) is 0 Å². The molecule has 0 aliphatic heterocycles. The Morgan fingerprint density at radius 3 is 2.10 bits per heavy atom. The Labute approximate surface area is 289 Å². The summed E-state index contributed by atoms with van der Waals surface area (Å²) in [4.78, 5) is 53.5. The van der Waals surface area contributed by atoms with Gasteiger partial charge in [-0.1, -0.05) is 103 Å². The third kappa shape index (κ3) is 15.4. The Bertz CT molecular complexity index is 1120. The number of aliphatic hydroxyl groups is 1. The maximum absolute atomic E-state index is 13.9. The molecule has 5 atom stereocenters. The van der Waals surface area contributed by atoms with Crippen LogP contribution in [0.5, 0.6) is 0 Å². The lowest BCUT2D eigenvalue weighted by molar-refractivity contribution is -0.131. The zero-order valence-electron chi connectivity index (χ0n) is 30.6. The van der Waals surface area contributed by atoms with E-state index in [1.165, 1.54) is 6.42 Å². The lowest BCUT2D eigenvalue weighted by Gasteiger charge is -2.33. The zero-order valence-corrected chi connectivity index (χ0v) is 30.6. The number of ether oxygens (including phenoxy) is 1. The number of amides is 4. The molecule has 0 saturated heterocycles. The van der Waals surface area contributed by atoms with Crippen LogP contribution in [0.3, 0.4) is 0 Å². The first-order valence-electron chi connectivity index (χ1n) is 18.3. The van der Waals surface area contributed by atoms with Crippen LogP contribution in [-0.4, -0.2) is 65.3 Å². The Kier molecular flexibility index (Phi) is 18.0. The highest BCUT2D eigenvalue weighted by Gasteiger charge is 2.34. The molecule has 0 aromatic heterocycles. The van der Waals surface area contributed by atoms with Gasteiger partial charge in [0.05, 0.1) is 12.1 Å². The smallest absolute Gasteiger partial charge is 0.408 e. The van der Waals surface area contributed by atoms with E-state index in [4.69, 9.17) is 4.74 Å². The first-order chi connectivity index (χ1) is 22.7. The van der Waals surface area contributed by atoms with Gasteiger partial charge in [0.25, 0.3) is 0 Å². The average molecular weight is 673 g/mol. The molecule has 0 bridgehead atoms. The number of rotatable bonds is 19. The van der Waals surface area contributed by atoms with Crippen molar-refractivity contribution in [3.8, 4) is 0 Å². The van der Waals surface area contributed by atoms with Crippen molar-refractivity contribution in [3.63, 3.8) is 0 Å². The minimum Gasteiger partial charge on any atom is -0.444 e. The molecule has 5 N–H and O–H groups in total. The van der Waals surface area contributed by atoms with Crippen molar-refractivity contribution in [2.75, 3.05) is 6.54 Å². The van der Waals surface area contributed by atoms with Gasteiger partial charge in [-0.3, -0.25) is 14.4 Å². The Hall–Kier alpha value is -3.14. The fraction of sp³-hybridized carbons (Fsp3) is 0.737. The van der Waals surface area contributed by atoms with Crippen LogP contribution in [0.1, 0.15) is 125 Å². The number of hydrogen-bond acceptors (Lipinski definition) is 6. The van der Waals surface area contributed by atoms with Gasteiger partial charge in [0, 0.05) is 18.9 Å². The standard InChI is InChI=1S/C38H64N4O6/c1-8-10-22-39-34(44)29(26(3)4)25-33(43)31(23-27-18-13-11-14-19-27)41-35(45)30(17-9-2)40-36(46)32(24-28-20-15-12-16-21-28)42-37(47)48-38(5,6)7/h12,15-16,20-21,26-27,29-33,43H,8-11,13-14,17-19,22-25H2,1-7H3,(H,39,44)(H,40,46)(H,41,45)(H,42,47)/t29-,30+,31+,32+,33+/m1/s1. The van der Waals surface area contributed by atoms with Crippen molar-refractivity contribution in [1.82, 2.24) is 21.3 Å². The summed E-state index contributed by atoms with van der Waals surface area (Å²) in [6.45, 7) is 13.8. The van der Waals surface area contributed by atoms with Crippen molar-refractivity contribution in [1.29, 1.82) is 0 Å². The van der Waals surface area contributed by atoms with E-state index in [0.717, 1.165) is 44.1 Å². The molecule has 1 aromatic rings. The fourth-order valence-electron chi connectivity index (χ4n) is 6.34. The normalized spacial score (nSPS) is 17.0. The Morgan fingerprint density at radius 1 is 0.875 bits per heavy atom. The summed E-state index contributed by atoms with van der Waals surface area (Å²) in [5, 5.41) is 23.3. The highest BCUT2D eigenvalue weighted by Crippen LogP contribution is 2.30. The molecule has 4 amide bonds. The molecule has 48 heavy (non-hydrogen) atoms. The van der Waals surface area contributed by atoms with Crippen molar-refractivity contribution >= 4 is 23.8 Å². The van der Waals surface area contributed by atoms with E-state index >= 15 is 0 Å². The van der Waals surface area contributed by atoms with E-state index in [-0.39, 0.29) is 30.6 Å². The van der Waals surface area contributed by atoms with E-state index in [0.29, 0.717) is 31.7 Å². The second kappa shape index (κ2) is 21.1. The second-order valence-corrected chi connectivity index (χ2v) is 14.9. The van der Waals surface area contributed by atoms with Gasteiger partial charge in [-0.25, -0.2) is 4.79 Å². The van der Waals surface area contributed by atoms with E-state index in [9.17, 15) is 24.3 Å². The fourth-order valence-corrected chi connectivity index (χ4v) is 6.34. The van der Waals surface area contributed by atoms with Gasteiger partial charge in [0.15, 0.2) is 0 Å². The van der Waals surface area contributed by atoms with Crippen LogP contribution in [0.4, 0.5) is 4.79 Å². The van der Waals surface area contributed by atoms with Crippen LogP contribution in [0.15, 0.2) is 30.3 Å². The minimum atomic E-state index is -0.976. The summed E-state index contributed by atoms with van der Waals surface area (Å²) >= 11 is 0. The molecule has 0 unspecified atom stereocenters. The average Bonchev–Trinajstić information content (AvgIpc) is 3.02. The highest BCUT2D eigenvalue weighted by molar-refractivity contribution is 5.91. The van der Waals surface area contributed by atoms with E-state index in [1.54, 1.807) is 20.8 Å². The molecule has 1 aliphatic carbocycles. The predicted octanol–water partition coefficient (Wildman–Crippen LogP) is 5.80. The first-order valence-corrected chi connectivity index (χ1v) is 18.3. The van der Waals surface area contributed by atoms with Gasteiger partial charge in [0.1, 0.15) is 17.7 Å². The lowest BCUT2D eigenvalue weighted by Crippen LogP contribution is -2.57. The van der Waals surface area contributed by atoms with E-state index < -0.39 is 47.7 Å². The van der Waals surface area contributed by atoms with Gasteiger partial charge in [0.2, 0.25) is 17.7 Å². The van der Waals surface area contributed by atoms with Crippen LogP contribution in [0, 0.1) is 17.8 Å². The van der Waals surface area contributed by atoms with Crippen LogP contribution in [-0.2, 0) is 25.5 Å². The van der Waals surface area contributed by atoms with Crippen molar-refractivity contribution < 1.29 is 29.0 Å². The van der Waals surface area contributed by atoms with Gasteiger partial charge in [-0.2, -0.15) is 0 Å². The lowest BCUT2D eigenvalue weighted by atomic mass is 9.81. The quantitative estimate of drug-likeness (QED) is 0.117. The van der Waals surface area contributed by atoms with Crippen LogP contribution in [0.2, 0.25) is 0 Å². The van der Waals surface area contributed by atoms with Gasteiger partial charge in [-0.15, -0.1) is 0 Å². The molecule has 0 radical (unpaired) electrons. The molecular formula is C38H64N4O6. The molecule has 2 rings (SSSR count). The van der Waals surface area contributed by atoms with Crippen molar-refractivity contribution in [2.45, 2.75) is 155 Å². The van der Waals surface area contributed by atoms with Gasteiger partial charge >= 0.3 is 6.09 Å². The molecule has 1 aromatic carbocycles. The van der Waals surface area contributed by atoms with E-state index in [1.807, 2.05) is 51.1 Å². The topological polar surface area (TPSA) is 146 Å². The molecule has 272 valence electrons. The van der Waals surface area contributed by atoms with Gasteiger partial charge in [-0.05, 0) is 63.9 Å². The molecule has 10 nitrogen and oxygen atoms in total. The number of hydrogen-bond donors (Lipinski definition) is 5. The number of benzene rings is 1. The first kappa shape index (κ1) is 41.0. The van der Waals surface area contributed by atoms with Crippen molar-refractivity contribution in [2.24, 2.45) is 17.8 Å². The predicted molar refractivity (Wildman–Crippen MR) is 190 cm³/mol. The maximum Gasteiger partial charge on any atom is 0.408 e. The number of alkyl carbamates (subject to hydrolysis) is 1. The number of unbranched alkanes of at least 4 members (excludes halogenated alkanes) is 1. The van der Waals surface area contributed by atoms with E-state index in [2.05, 4.69) is 28.2 Å². The molecule has 10 heteroatoms. The second-order valence-electron chi connectivity index (χ2n) is 14.9. The largest absolute Gasteiger partial charge is 0.444 e. The number of carbonyl (C=O) groups is 4. The monoisotopic (exact) mass is 672 g/mol. The molecule has 1 saturated carbocycles. The Balaban J connectivity index is 2.25. The molecular weight excluding hydrogens is 608 g/mol. The van der Waals surface area contributed by atoms with Crippen LogP contribution < -0.4 is 21.3 Å². The number of carbonyl (C=O) groups excluding carboxylic acids is 4. The third-order valence-electron chi connectivity index (χ3n) is 9.07.